The minimum absolute atomic E-state index is 0.634. The Balaban J connectivity index is 1.42. The van der Waals surface area contributed by atoms with Crippen molar-refractivity contribution >= 4 is 0 Å². The molecule has 4 heterocycles. The van der Waals surface area contributed by atoms with E-state index in [-0.39, 0.29) is 0 Å². The third kappa shape index (κ3) is 3.07. The van der Waals surface area contributed by atoms with Crippen LogP contribution in [0.4, 0.5) is 0 Å². The van der Waals surface area contributed by atoms with Crippen LogP contribution in [-0.2, 0) is 24.2 Å². The van der Waals surface area contributed by atoms with Crippen molar-refractivity contribution in [3.05, 3.63) is 17.7 Å². The maximum Gasteiger partial charge on any atom is 0.110 e. The molecule has 4 rings (SSSR count). The molecule has 5 heteroatoms. The summed E-state index contributed by atoms with van der Waals surface area (Å²) in [5.74, 6) is 1.29. The van der Waals surface area contributed by atoms with Gasteiger partial charge in [-0.25, -0.2) is 4.98 Å². The van der Waals surface area contributed by atoms with Gasteiger partial charge in [-0.15, -0.1) is 0 Å². The van der Waals surface area contributed by atoms with E-state index in [1.807, 2.05) is 0 Å². The molecule has 5 nitrogen and oxygen atoms in total. The second-order valence-electron chi connectivity index (χ2n) is 6.96. The Kier molecular flexibility index (Phi) is 4.46. The van der Waals surface area contributed by atoms with Crippen molar-refractivity contribution < 1.29 is 4.74 Å². The maximum absolute atomic E-state index is 5.56. The van der Waals surface area contributed by atoms with Crippen molar-refractivity contribution in [2.24, 2.45) is 0 Å². The lowest BCUT2D eigenvalue weighted by Crippen LogP contribution is -2.38. The number of ether oxygens (including phenoxy) is 1. The van der Waals surface area contributed by atoms with Gasteiger partial charge < -0.3 is 9.30 Å². The fraction of sp³-hybridized carbons (Fsp3) is 0.824. The minimum Gasteiger partial charge on any atom is -0.380 e. The Hall–Kier alpha value is -0.910. The molecule has 1 aromatic rings. The summed E-state index contributed by atoms with van der Waals surface area (Å²) in [7, 11) is 0. The molecule has 0 saturated carbocycles. The van der Waals surface area contributed by atoms with E-state index in [4.69, 9.17) is 9.72 Å². The first-order valence-electron chi connectivity index (χ1n) is 8.97. The number of hydrogen-bond acceptors (Lipinski definition) is 4. The molecule has 0 spiro atoms. The van der Waals surface area contributed by atoms with Crippen molar-refractivity contribution in [1.29, 1.82) is 0 Å². The van der Waals surface area contributed by atoms with Gasteiger partial charge in [0.15, 0.2) is 0 Å². The molecule has 2 saturated heterocycles. The first kappa shape index (κ1) is 14.7. The van der Waals surface area contributed by atoms with Crippen LogP contribution in [0, 0.1) is 0 Å². The summed E-state index contributed by atoms with van der Waals surface area (Å²) in [4.78, 5) is 9.94. The molecule has 0 aromatic carbocycles. The number of rotatable bonds is 3. The van der Waals surface area contributed by atoms with Crippen LogP contribution < -0.4 is 0 Å². The third-order valence-corrected chi connectivity index (χ3v) is 5.51. The zero-order valence-corrected chi connectivity index (χ0v) is 13.5. The highest BCUT2D eigenvalue weighted by atomic mass is 16.5. The van der Waals surface area contributed by atoms with Gasteiger partial charge in [0.1, 0.15) is 5.82 Å². The van der Waals surface area contributed by atoms with Gasteiger partial charge in [0.25, 0.3) is 0 Å². The molecule has 1 atom stereocenters. The predicted molar refractivity (Wildman–Crippen MR) is 85.9 cm³/mol. The Labute approximate surface area is 133 Å². The van der Waals surface area contributed by atoms with E-state index in [0.717, 1.165) is 45.8 Å². The fourth-order valence-corrected chi connectivity index (χ4v) is 4.16. The largest absolute Gasteiger partial charge is 0.380 e. The molecule has 0 amide bonds. The molecule has 22 heavy (non-hydrogen) atoms. The number of aromatic nitrogens is 2. The number of likely N-dealkylation sites (tertiary alicyclic amines) is 1. The summed E-state index contributed by atoms with van der Waals surface area (Å²) in [6.07, 6.45) is 8.52. The SMILES string of the molecule is c1nc2n(c1CN1CCCCC1)CCN([C@H]1CCOC1)CC2. The van der Waals surface area contributed by atoms with Crippen molar-refractivity contribution in [2.45, 2.75) is 51.2 Å². The monoisotopic (exact) mass is 304 g/mol. The Morgan fingerprint density at radius 3 is 2.82 bits per heavy atom. The van der Waals surface area contributed by atoms with Crippen molar-refractivity contribution in [1.82, 2.24) is 19.4 Å². The second kappa shape index (κ2) is 6.69. The van der Waals surface area contributed by atoms with E-state index >= 15 is 0 Å². The van der Waals surface area contributed by atoms with Crippen LogP contribution in [0.25, 0.3) is 0 Å². The fourth-order valence-electron chi connectivity index (χ4n) is 4.16. The summed E-state index contributed by atoms with van der Waals surface area (Å²) in [5, 5.41) is 0. The van der Waals surface area contributed by atoms with Gasteiger partial charge in [-0.1, -0.05) is 6.42 Å². The average Bonchev–Trinajstić information content (AvgIpc) is 3.16. The average molecular weight is 304 g/mol. The van der Waals surface area contributed by atoms with Gasteiger partial charge in [0, 0.05) is 51.4 Å². The number of fused-ring (bicyclic) bond motifs is 1. The predicted octanol–water partition coefficient (Wildman–Crippen LogP) is 1.52. The lowest BCUT2D eigenvalue weighted by Gasteiger charge is -2.27. The summed E-state index contributed by atoms with van der Waals surface area (Å²) in [6.45, 7) is 8.82. The number of imidazole rings is 1. The molecule has 0 bridgehead atoms. The van der Waals surface area contributed by atoms with Crippen LogP contribution in [0.1, 0.15) is 37.2 Å². The molecular weight excluding hydrogens is 276 g/mol. The van der Waals surface area contributed by atoms with Gasteiger partial charge in [0.2, 0.25) is 0 Å². The lowest BCUT2D eigenvalue weighted by molar-refractivity contribution is 0.144. The highest BCUT2D eigenvalue weighted by Gasteiger charge is 2.26. The van der Waals surface area contributed by atoms with E-state index in [9.17, 15) is 0 Å². The van der Waals surface area contributed by atoms with Crippen LogP contribution in [0.3, 0.4) is 0 Å². The Morgan fingerprint density at radius 2 is 2.00 bits per heavy atom. The summed E-state index contributed by atoms with van der Waals surface area (Å²) in [5.41, 5.74) is 1.42. The van der Waals surface area contributed by atoms with Crippen LogP contribution >= 0.6 is 0 Å². The summed E-state index contributed by atoms with van der Waals surface area (Å²) >= 11 is 0. The first-order valence-corrected chi connectivity index (χ1v) is 8.97. The van der Waals surface area contributed by atoms with Gasteiger partial charge in [-0.05, 0) is 32.4 Å². The lowest BCUT2D eigenvalue weighted by atomic mass is 10.1. The Bertz CT molecular complexity index is 489. The van der Waals surface area contributed by atoms with Gasteiger partial charge in [0.05, 0.1) is 12.3 Å². The summed E-state index contributed by atoms with van der Waals surface area (Å²) < 4.78 is 8.05. The van der Waals surface area contributed by atoms with Crippen LogP contribution in [0.5, 0.6) is 0 Å². The zero-order valence-electron chi connectivity index (χ0n) is 13.5. The molecule has 0 radical (unpaired) electrons. The topological polar surface area (TPSA) is 33.5 Å². The molecule has 0 N–H and O–H groups in total. The standard InChI is InChI=1S/C17H28N4O/c1-2-6-19(7-3-1)13-16-12-18-17-4-8-20(9-10-21(16)17)15-5-11-22-14-15/h12,15H,1-11,13-14H2/t15-/m0/s1. The molecule has 0 aliphatic carbocycles. The second-order valence-corrected chi connectivity index (χ2v) is 6.96. The van der Waals surface area contributed by atoms with Gasteiger partial charge in [-0.2, -0.15) is 0 Å². The number of hydrogen-bond donors (Lipinski definition) is 0. The van der Waals surface area contributed by atoms with Gasteiger partial charge in [-0.3, -0.25) is 9.80 Å². The van der Waals surface area contributed by atoms with Crippen molar-refractivity contribution in [3.8, 4) is 0 Å². The zero-order chi connectivity index (χ0) is 14.8. The van der Waals surface area contributed by atoms with Crippen LogP contribution in [0.2, 0.25) is 0 Å². The van der Waals surface area contributed by atoms with Crippen LogP contribution in [-0.4, -0.2) is 64.8 Å². The summed E-state index contributed by atoms with van der Waals surface area (Å²) in [6, 6.07) is 0.634. The van der Waals surface area contributed by atoms with E-state index in [0.29, 0.717) is 6.04 Å². The van der Waals surface area contributed by atoms with Crippen molar-refractivity contribution in [2.75, 3.05) is 39.4 Å². The number of piperidine rings is 1. The minimum atomic E-state index is 0.634. The van der Waals surface area contributed by atoms with Gasteiger partial charge >= 0.3 is 0 Å². The van der Waals surface area contributed by atoms with E-state index in [1.165, 1.54) is 50.3 Å². The maximum atomic E-state index is 5.56. The first-order chi connectivity index (χ1) is 10.9. The van der Waals surface area contributed by atoms with Crippen molar-refractivity contribution in [3.63, 3.8) is 0 Å². The van der Waals surface area contributed by atoms with E-state index < -0.39 is 0 Å². The van der Waals surface area contributed by atoms with Crippen LogP contribution in [0.15, 0.2) is 6.20 Å². The molecule has 2 fully saturated rings. The Morgan fingerprint density at radius 1 is 1.09 bits per heavy atom. The molecule has 122 valence electrons. The highest BCUT2D eigenvalue weighted by molar-refractivity contribution is 5.08. The smallest absolute Gasteiger partial charge is 0.110 e. The molecule has 0 unspecified atom stereocenters. The van der Waals surface area contributed by atoms with E-state index in [1.54, 1.807) is 0 Å². The third-order valence-electron chi connectivity index (χ3n) is 5.51. The quantitative estimate of drug-likeness (QED) is 0.848. The van der Waals surface area contributed by atoms with E-state index in [2.05, 4.69) is 20.6 Å². The highest BCUT2D eigenvalue weighted by Crippen LogP contribution is 2.19. The molecule has 1 aromatic heterocycles. The molecule has 3 aliphatic heterocycles. The number of nitrogens with zero attached hydrogens (tertiary/aromatic N) is 4. The molecule has 3 aliphatic rings. The molecular formula is C17H28N4O. The normalized spacial score (nSPS) is 27.7.